The van der Waals surface area contributed by atoms with Crippen molar-refractivity contribution >= 4 is 73.1 Å². The molecule has 186 valence electrons. The van der Waals surface area contributed by atoms with E-state index in [4.69, 9.17) is 27.4 Å². The van der Waals surface area contributed by atoms with Gasteiger partial charge in [0.25, 0.3) is 11.1 Å². The molecular weight excluding hydrogens is 553 g/mol. The highest BCUT2D eigenvalue weighted by atomic mass is 35.5. The number of rotatable bonds is 6. The quantitative estimate of drug-likeness (QED) is 0.181. The molecule has 0 atom stereocenters. The van der Waals surface area contributed by atoms with Crippen molar-refractivity contribution in [2.75, 3.05) is 0 Å². The summed E-state index contributed by atoms with van der Waals surface area (Å²) in [6.45, 7) is 0.0252. The first-order valence-corrected chi connectivity index (χ1v) is 13.9. The molecule has 1 aliphatic rings. The van der Waals surface area contributed by atoms with Crippen LogP contribution < -0.4 is 4.18 Å². The summed E-state index contributed by atoms with van der Waals surface area (Å²) in [5.74, 6) is -0.323. The minimum Gasteiger partial charge on any atom is -0.379 e. The van der Waals surface area contributed by atoms with Gasteiger partial charge in [-0.25, -0.2) is 0 Å². The molecule has 0 saturated carbocycles. The minimum absolute atomic E-state index is 0.0252. The summed E-state index contributed by atoms with van der Waals surface area (Å²) in [5, 5.41) is 2.12. The summed E-state index contributed by atoms with van der Waals surface area (Å²) in [6.07, 6.45) is 1.57. The number of imide groups is 1. The number of hydrogen-bond donors (Lipinski definition) is 0. The Morgan fingerprint density at radius 1 is 0.865 bits per heavy atom. The van der Waals surface area contributed by atoms with Crippen molar-refractivity contribution in [1.29, 1.82) is 0 Å². The second-order valence-electron chi connectivity index (χ2n) is 8.12. The summed E-state index contributed by atoms with van der Waals surface area (Å²) >= 11 is 12.9. The van der Waals surface area contributed by atoms with Gasteiger partial charge in [0.1, 0.15) is 10.6 Å². The molecule has 2 amide bonds. The summed E-state index contributed by atoms with van der Waals surface area (Å²) < 4.78 is 30.8. The fraction of sp³-hybridized carbons (Fsp3) is 0.0370. The fourth-order valence-corrected chi connectivity index (χ4v) is 6.00. The second kappa shape index (κ2) is 10.2. The van der Waals surface area contributed by atoms with Crippen molar-refractivity contribution in [3.63, 3.8) is 0 Å². The predicted octanol–water partition coefficient (Wildman–Crippen LogP) is 7.15. The third-order valence-electron chi connectivity index (χ3n) is 5.61. The zero-order chi connectivity index (χ0) is 26.2. The molecule has 37 heavy (non-hydrogen) atoms. The van der Waals surface area contributed by atoms with Crippen LogP contribution in [-0.4, -0.2) is 24.5 Å². The fourth-order valence-electron chi connectivity index (χ4n) is 3.73. The summed E-state index contributed by atoms with van der Waals surface area (Å²) in [4.78, 5) is 26.7. The average molecular weight is 570 g/mol. The number of nitrogens with zero attached hydrogens (tertiary/aromatic N) is 1. The maximum absolute atomic E-state index is 12.9. The number of carbonyl (C=O) groups excluding carboxylic acids is 2. The van der Waals surface area contributed by atoms with Crippen molar-refractivity contribution in [1.82, 2.24) is 4.90 Å². The number of thioether (sulfide) groups is 1. The van der Waals surface area contributed by atoms with Crippen LogP contribution in [0.2, 0.25) is 10.0 Å². The number of carbonyl (C=O) groups is 2. The van der Waals surface area contributed by atoms with E-state index in [1.54, 1.807) is 48.5 Å². The average Bonchev–Trinajstić information content (AvgIpc) is 3.13. The largest absolute Gasteiger partial charge is 0.379 e. The molecule has 0 bridgehead atoms. The summed E-state index contributed by atoms with van der Waals surface area (Å²) in [5.41, 5.74) is 1.20. The van der Waals surface area contributed by atoms with E-state index in [2.05, 4.69) is 0 Å². The Bertz CT molecular complexity index is 1690. The van der Waals surface area contributed by atoms with Crippen LogP contribution in [0, 0.1) is 0 Å². The smallest absolute Gasteiger partial charge is 0.339 e. The highest BCUT2D eigenvalue weighted by Gasteiger charge is 2.35. The molecule has 1 fully saturated rings. The maximum atomic E-state index is 12.9. The van der Waals surface area contributed by atoms with Crippen LogP contribution in [0.5, 0.6) is 5.75 Å². The third-order valence-corrected chi connectivity index (χ3v) is 8.35. The first-order valence-electron chi connectivity index (χ1n) is 10.9. The van der Waals surface area contributed by atoms with Crippen LogP contribution >= 0.6 is 35.0 Å². The van der Waals surface area contributed by atoms with E-state index in [1.807, 2.05) is 24.3 Å². The van der Waals surface area contributed by atoms with Crippen LogP contribution in [0.25, 0.3) is 16.8 Å². The molecule has 4 aromatic carbocycles. The first-order chi connectivity index (χ1) is 17.7. The van der Waals surface area contributed by atoms with E-state index in [-0.39, 0.29) is 22.1 Å². The van der Waals surface area contributed by atoms with Gasteiger partial charge in [-0.05, 0) is 76.1 Å². The molecule has 5 rings (SSSR count). The molecule has 0 unspecified atom stereocenters. The van der Waals surface area contributed by atoms with E-state index in [0.29, 0.717) is 21.2 Å². The SMILES string of the molecule is O=C1S/C(=C\c2ccc(OS(=O)(=O)c3ccc4ccccc4c3)cc2)C(=O)N1Cc1ccc(Cl)cc1Cl. The second-order valence-corrected chi connectivity index (χ2v) is 11.5. The Kier molecular flexibility index (Phi) is 7.00. The third kappa shape index (κ3) is 5.52. The molecule has 0 N–H and O–H groups in total. The van der Waals surface area contributed by atoms with Gasteiger partial charge in [0.2, 0.25) is 0 Å². The van der Waals surface area contributed by atoms with Crippen LogP contribution in [-0.2, 0) is 21.5 Å². The zero-order valence-electron chi connectivity index (χ0n) is 18.9. The van der Waals surface area contributed by atoms with Gasteiger partial charge in [-0.15, -0.1) is 0 Å². The number of amides is 2. The molecular formula is C27H17Cl2NO5S2. The van der Waals surface area contributed by atoms with Gasteiger partial charge < -0.3 is 4.18 Å². The maximum Gasteiger partial charge on any atom is 0.339 e. The number of fused-ring (bicyclic) bond motifs is 1. The number of halogens is 2. The van der Waals surface area contributed by atoms with Crippen molar-refractivity contribution in [2.24, 2.45) is 0 Å². The number of hydrogen-bond acceptors (Lipinski definition) is 6. The summed E-state index contributed by atoms with van der Waals surface area (Å²) in [6, 6.07) is 23.3. The van der Waals surface area contributed by atoms with E-state index in [0.717, 1.165) is 27.4 Å². The Hall–Kier alpha value is -3.30. The van der Waals surface area contributed by atoms with Crippen molar-refractivity contribution < 1.29 is 22.2 Å². The molecule has 10 heteroatoms. The van der Waals surface area contributed by atoms with Crippen LogP contribution in [0.4, 0.5) is 4.79 Å². The molecule has 4 aromatic rings. The van der Waals surface area contributed by atoms with E-state index < -0.39 is 21.3 Å². The molecule has 1 aliphatic heterocycles. The normalized spacial score (nSPS) is 15.1. The van der Waals surface area contributed by atoms with Crippen LogP contribution in [0.15, 0.2) is 94.7 Å². The van der Waals surface area contributed by atoms with E-state index in [1.165, 1.54) is 18.2 Å². The first kappa shape index (κ1) is 25.4. The Labute approximate surface area is 227 Å². The monoisotopic (exact) mass is 569 g/mol. The Morgan fingerprint density at radius 2 is 1.59 bits per heavy atom. The van der Waals surface area contributed by atoms with Gasteiger partial charge in [-0.1, -0.05) is 71.7 Å². The van der Waals surface area contributed by atoms with Gasteiger partial charge in [-0.3, -0.25) is 14.5 Å². The minimum atomic E-state index is -4.04. The lowest BCUT2D eigenvalue weighted by molar-refractivity contribution is -0.123. The lowest BCUT2D eigenvalue weighted by Crippen LogP contribution is -2.27. The van der Waals surface area contributed by atoms with Gasteiger partial charge >= 0.3 is 10.1 Å². The molecule has 6 nitrogen and oxygen atoms in total. The van der Waals surface area contributed by atoms with E-state index in [9.17, 15) is 18.0 Å². The molecule has 1 saturated heterocycles. The lowest BCUT2D eigenvalue weighted by Gasteiger charge is -2.13. The van der Waals surface area contributed by atoms with Gasteiger partial charge in [-0.2, -0.15) is 8.42 Å². The topological polar surface area (TPSA) is 80.8 Å². The van der Waals surface area contributed by atoms with Gasteiger partial charge in [0.15, 0.2) is 0 Å². The summed E-state index contributed by atoms with van der Waals surface area (Å²) in [7, 11) is -4.04. The lowest BCUT2D eigenvalue weighted by atomic mass is 10.1. The zero-order valence-corrected chi connectivity index (χ0v) is 22.1. The number of benzene rings is 4. The van der Waals surface area contributed by atoms with Crippen molar-refractivity contribution in [3.8, 4) is 5.75 Å². The molecule has 0 radical (unpaired) electrons. The van der Waals surface area contributed by atoms with Crippen LogP contribution in [0.3, 0.4) is 0 Å². The van der Waals surface area contributed by atoms with Gasteiger partial charge in [0, 0.05) is 10.0 Å². The standard InChI is InChI=1S/C27H17Cl2NO5S2/c28-21-9-7-20(24(29)15-21)16-30-26(31)25(36-27(30)32)13-17-5-10-22(11-6-17)35-37(33,34)23-12-8-18-3-1-2-4-19(18)14-23/h1-15H,16H2/b25-13-. The molecule has 1 heterocycles. The highest BCUT2D eigenvalue weighted by molar-refractivity contribution is 8.18. The highest BCUT2D eigenvalue weighted by Crippen LogP contribution is 2.35. The van der Waals surface area contributed by atoms with Crippen molar-refractivity contribution in [3.05, 3.63) is 111 Å². The van der Waals surface area contributed by atoms with Crippen molar-refractivity contribution in [2.45, 2.75) is 11.4 Å². The Balaban J connectivity index is 1.30. The molecule has 0 aliphatic carbocycles. The van der Waals surface area contributed by atoms with Crippen LogP contribution in [0.1, 0.15) is 11.1 Å². The predicted molar refractivity (Wildman–Crippen MR) is 146 cm³/mol. The Morgan fingerprint density at radius 3 is 2.32 bits per heavy atom. The van der Waals surface area contributed by atoms with E-state index >= 15 is 0 Å². The molecule has 0 aromatic heterocycles. The van der Waals surface area contributed by atoms with Gasteiger partial charge in [0.05, 0.1) is 11.4 Å². The molecule has 0 spiro atoms.